The third kappa shape index (κ3) is 3.59. The molecule has 0 rings (SSSR count). The van der Waals surface area contributed by atoms with Crippen LogP contribution < -0.4 is 0 Å². The summed E-state index contributed by atoms with van der Waals surface area (Å²) in [6.07, 6.45) is 2.88. The second-order valence-electron chi connectivity index (χ2n) is 2.24. The quantitative estimate of drug-likeness (QED) is 0.393. The van der Waals surface area contributed by atoms with Crippen molar-refractivity contribution in [1.29, 1.82) is 0 Å². The van der Waals surface area contributed by atoms with Crippen molar-refractivity contribution in [3.05, 3.63) is 11.6 Å². The SMILES string of the molecule is CC(C)=CC(C)C=O. The average Bonchev–Trinajstić information content (AvgIpc) is 1.65. The van der Waals surface area contributed by atoms with Gasteiger partial charge < -0.3 is 4.79 Å². The lowest BCUT2D eigenvalue weighted by atomic mass is 10.1. The van der Waals surface area contributed by atoms with Crippen LogP contribution in [0.3, 0.4) is 0 Å². The van der Waals surface area contributed by atoms with Crippen molar-refractivity contribution < 1.29 is 4.79 Å². The van der Waals surface area contributed by atoms with E-state index in [0.717, 1.165) is 6.29 Å². The molecule has 1 unspecified atom stereocenters. The minimum atomic E-state index is 0.0833. The minimum Gasteiger partial charge on any atom is -0.303 e. The molecule has 0 aliphatic carbocycles. The Morgan fingerprint density at radius 3 is 2.12 bits per heavy atom. The number of rotatable bonds is 2. The predicted octanol–water partition coefficient (Wildman–Crippen LogP) is 1.79. The molecule has 1 heteroatoms. The Hall–Kier alpha value is -0.590. The first-order valence-corrected chi connectivity index (χ1v) is 2.77. The molecule has 0 saturated heterocycles. The van der Waals surface area contributed by atoms with Gasteiger partial charge in [-0.1, -0.05) is 18.6 Å². The van der Waals surface area contributed by atoms with Crippen LogP contribution in [0.5, 0.6) is 0 Å². The fourth-order valence-corrected chi connectivity index (χ4v) is 0.565. The van der Waals surface area contributed by atoms with Crippen molar-refractivity contribution in [3.8, 4) is 0 Å². The molecule has 0 heterocycles. The van der Waals surface area contributed by atoms with Crippen LogP contribution in [0.4, 0.5) is 0 Å². The van der Waals surface area contributed by atoms with Crippen LogP contribution in [-0.2, 0) is 4.79 Å². The van der Waals surface area contributed by atoms with Crippen LogP contribution >= 0.6 is 0 Å². The highest BCUT2D eigenvalue weighted by Gasteiger charge is 1.90. The first-order chi connectivity index (χ1) is 3.66. The monoisotopic (exact) mass is 112 g/mol. The summed E-state index contributed by atoms with van der Waals surface area (Å²) in [7, 11) is 0. The van der Waals surface area contributed by atoms with Gasteiger partial charge in [0, 0.05) is 5.92 Å². The maximum absolute atomic E-state index is 10.00. The van der Waals surface area contributed by atoms with Crippen molar-refractivity contribution in [2.45, 2.75) is 20.8 Å². The Morgan fingerprint density at radius 2 is 2.00 bits per heavy atom. The van der Waals surface area contributed by atoms with Crippen molar-refractivity contribution in [2.24, 2.45) is 5.92 Å². The van der Waals surface area contributed by atoms with Gasteiger partial charge in [-0.25, -0.2) is 0 Å². The molecule has 8 heavy (non-hydrogen) atoms. The molecule has 1 nitrogen and oxygen atoms in total. The molecule has 0 spiro atoms. The van der Waals surface area contributed by atoms with E-state index in [-0.39, 0.29) is 5.92 Å². The molecule has 0 amide bonds. The van der Waals surface area contributed by atoms with E-state index < -0.39 is 0 Å². The Balaban J connectivity index is 3.68. The van der Waals surface area contributed by atoms with Gasteiger partial charge in [-0.15, -0.1) is 0 Å². The average molecular weight is 112 g/mol. The molecule has 1 atom stereocenters. The lowest BCUT2D eigenvalue weighted by Crippen LogP contribution is -1.89. The summed E-state index contributed by atoms with van der Waals surface area (Å²) in [5.41, 5.74) is 1.20. The fraction of sp³-hybridized carbons (Fsp3) is 0.571. The molecule has 0 fully saturated rings. The topological polar surface area (TPSA) is 17.1 Å². The first-order valence-electron chi connectivity index (χ1n) is 2.77. The maximum Gasteiger partial charge on any atom is 0.126 e. The smallest absolute Gasteiger partial charge is 0.126 e. The zero-order chi connectivity index (χ0) is 6.57. The summed E-state index contributed by atoms with van der Waals surface area (Å²) in [4.78, 5) is 10.00. The lowest BCUT2D eigenvalue weighted by Gasteiger charge is -1.92. The Labute approximate surface area is 50.4 Å². The van der Waals surface area contributed by atoms with Crippen LogP contribution in [-0.4, -0.2) is 6.29 Å². The third-order valence-electron chi connectivity index (χ3n) is 0.811. The Bertz CT molecular complexity index is 99.0. The van der Waals surface area contributed by atoms with Crippen LogP contribution in [0.25, 0.3) is 0 Å². The predicted molar refractivity (Wildman–Crippen MR) is 34.7 cm³/mol. The Morgan fingerprint density at radius 1 is 1.50 bits per heavy atom. The third-order valence-corrected chi connectivity index (χ3v) is 0.811. The highest BCUT2D eigenvalue weighted by Crippen LogP contribution is 1.96. The van der Waals surface area contributed by atoms with Gasteiger partial charge in [0.2, 0.25) is 0 Å². The van der Waals surface area contributed by atoms with Gasteiger partial charge in [0.1, 0.15) is 6.29 Å². The fourth-order valence-electron chi connectivity index (χ4n) is 0.565. The summed E-state index contributed by atoms with van der Waals surface area (Å²) < 4.78 is 0. The van der Waals surface area contributed by atoms with E-state index in [9.17, 15) is 4.79 Å². The number of allylic oxidation sites excluding steroid dienone is 2. The van der Waals surface area contributed by atoms with Crippen LogP contribution in [0, 0.1) is 5.92 Å². The standard InChI is InChI=1S/C7H12O/c1-6(2)4-7(3)5-8/h4-5,7H,1-3H3. The maximum atomic E-state index is 10.00. The first kappa shape index (κ1) is 7.41. The minimum absolute atomic E-state index is 0.0833. The lowest BCUT2D eigenvalue weighted by molar-refractivity contribution is -0.109. The van der Waals surface area contributed by atoms with E-state index in [1.165, 1.54) is 5.57 Å². The molecule has 0 radical (unpaired) electrons. The normalized spacial score (nSPS) is 12.4. The number of aldehydes is 1. The molecule has 0 aliphatic rings. The van der Waals surface area contributed by atoms with Crippen molar-refractivity contribution in [1.82, 2.24) is 0 Å². The summed E-state index contributed by atoms with van der Waals surface area (Å²) in [5, 5.41) is 0. The van der Waals surface area contributed by atoms with Gasteiger partial charge in [0.15, 0.2) is 0 Å². The molecule has 46 valence electrons. The van der Waals surface area contributed by atoms with E-state index in [1.54, 1.807) is 0 Å². The van der Waals surface area contributed by atoms with Crippen molar-refractivity contribution >= 4 is 6.29 Å². The van der Waals surface area contributed by atoms with Gasteiger partial charge in [0.25, 0.3) is 0 Å². The summed E-state index contributed by atoms with van der Waals surface area (Å²) in [6.45, 7) is 5.85. The van der Waals surface area contributed by atoms with Gasteiger partial charge in [-0.3, -0.25) is 0 Å². The van der Waals surface area contributed by atoms with Crippen LogP contribution in [0.15, 0.2) is 11.6 Å². The largest absolute Gasteiger partial charge is 0.303 e. The molecule has 0 aromatic rings. The highest BCUT2D eigenvalue weighted by atomic mass is 16.1. The van der Waals surface area contributed by atoms with E-state index in [4.69, 9.17) is 0 Å². The zero-order valence-electron chi connectivity index (χ0n) is 5.64. The molecule has 0 aromatic carbocycles. The molecular weight excluding hydrogens is 100 g/mol. The Kier molecular flexibility index (Phi) is 3.16. The summed E-state index contributed by atoms with van der Waals surface area (Å²) in [5.74, 6) is 0.0833. The molecule has 0 aromatic heterocycles. The zero-order valence-corrected chi connectivity index (χ0v) is 5.64. The number of hydrogen-bond donors (Lipinski definition) is 0. The van der Waals surface area contributed by atoms with E-state index in [0.29, 0.717) is 0 Å². The summed E-state index contributed by atoms with van der Waals surface area (Å²) in [6, 6.07) is 0. The van der Waals surface area contributed by atoms with Gasteiger partial charge >= 0.3 is 0 Å². The van der Waals surface area contributed by atoms with E-state index >= 15 is 0 Å². The number of hydrogen-bond acceptors (Lipinski definition) is 1. The number of carbonyl (C=O) groups is 1. The van der Waals surface area contributed by atoms with Gasteiger partial charge in [0.05, 0.1) is 0 Å². The van der Waals surface area contributed by atoms with Crippen LogP contribution in [0.2, 0.25) is 0 Å². The number of carbonyl (C=O) groups excluding carboxylic acids is 1. The van der Waals surface area contributed by atoms with E-state index in [1.807, 2.05) is 26.8 Å². The van der Waals surface area contributed by atoms with Gasteiger partial charge in [-0.05, 0) is 13.8 Å². The van der Waals surface area contributed by atoms with Crippen LogP contribution in [0.1, 0.15) is 20.8 Å². The van der Waals surface area contributed by atoms with E-state index in [2.05, 4.69) is 0 Å². The second-order valence-corrected chi connectivity index (χ2v) is 2.24. The molecule has 0 bridgehead atoms. The van der Waals surface area contributed by atoms with Crippen molar-refractivity contribution in [3.63, 3.8) is 0 Å². The molecule has 0 saturated carbocycles. The highest BCUT2D eigenvalue weighted by molar-refractivity contribution is 5.55. The van der Waals surface area contributed by atoms with Crippen molar-refractivity contribution in [2.75, 3.05) is 0 Å². The van der Waals surface area contributed by atoms with Gasteiger partial charge in [-0.2, -0.15) is 0 Å². The molecule has 0 N–H and O–H groups in total. The second kappa shape index (κ2) is 3.42. The summed E-state index contributed by atoms with van der Waals surface area (Å²) >= 11 is 0. The molecular formula is C7H12O. The molecule has 0 aliphatic heterocycles.